The van der Waals surface area contributed by atoms with Crippen LogP contribution in [0.3, 0.4) is 0 Å². The van der Waals surface area contributed by atoms with Gasteiger partial charge in [-0.15, -0.1) is 0 Å². The number of carbonyl (C=O) groups is 2. The van der Waals surface area contributed by atoms with Crippen molar-refractivity contribution >= 4 is 23.5 Å². The molecule has 1 saturated heterocycles. The molecule has 0 bridgehead atoms. The lowest BCUT2D eigenvalue weighted by molar-refractivity contribution is -0.143. The maximum atomic E-state index is 12.2. The average molecular weight is 391 g/mol. The first-order chi connectivity index (χ1) is 13.1. The fraction of sp³-hybridized carbons (Fsp3) is 0.316. The maximum absolute atomic E-state index is 12.2. The molecule has 27 heavy (non-hydrogen) atoms. The molecule has 0 spiro atoms. The first kappa shape index (κ1) is 19.1. The Labute approximate surface area is 161 Å². The van der Waals surface area contributed by atoms with Crippen molar-refractivity contribution in [1.82, 2.24) is 10.3 Å². The second-order valence-electron chi connectivity index (χ2n) is 5.94. The van der Waals surface area contributed by atoms with Gasteiger partial charge in [0.2, 0.25) is 5.88 Å². The van der Waals surface area contributed by atoms with Crippen LogP contribution in [0.2, 0.25) is 5.02 Å². The Hall–Kier alpha value is -2.64. The molecule has 3 rings (SSSR count). The minimum Gasteiger partial charge on any atom is -0.471 e. The molecule has 2 aromatic rings. The largest absolute Gasteiger partial charge is 0.471 e. The summed E-state index contributed by atoms with van der Waals surface area (Å²) in [6.45, 7) is 1.04. The summed E-state index contributed by atoms with van der Waals surface area (Å²) in [5, 5.41) is 2.71. The lowest BCUT2D eigenvalue weighted by Crippen LogP contribution is -2.30. The molecule has 8 heteroatoms. The number of ether oxygens (including phenoxy) is 3. The SMILES string of the molecule is O=C(CNC(=O)c1cnc(O[C@@H]2CCOC2)c(Cl)c1)OCc1ccccc1. The Morgan fingerprint density at radius 1 is 1.30 bits per heavy atom. The number of carbonyl (C=O) groups excluding carboxylic acids is 2. The number of pyridine rings is 1. The van der Waals surface area contributed by atoms with Crippen molar-refractivity contribution in [2.24, 2.45) is 0 Å². The van der Waals surface area contributed by atoms with Crippen molar-refractivity contribution in [3.8, 4) is 5.88 Å². The third-order valence-electron chi connectivity index (χ3n) is 3.87. The molecule has 0 saturated carbocycles. The molecule has 7 nitrogen and oxygen atoms in total. The van der Waals surface area contributed by atoms with Gasteiger partial charge in [0.1, 0.15) is 24.3 Å². The number of esters is 1. The van der Waals surface area contributed by atoms with Gasteiger partial charge in [0.15, 0.2) is 0 Å². The zero-order valence-electron chi connectivity index (χ0n) is 14.5. The third-order valence-corrected chi connectivity index (χ3v) is 4.14. The van der Waals surface area contributed by atoms with Crippen molar-refractivity contribution in [3.63, 3.8) is 0 Å². The van der Waals surface area contributed by atoms with E-state index in [0.29, 0.717) is 13.2 Å². The average Bonchev–Trinajstić information content (AvgIpc) is 3.20. The number of halogens is 1. The quantitative estimate of drug-likeness (QED) is 0.730. The summed E-state index contributed by atoms with van der Waals surface area (Å²) in [5.41, 5.74) is 1.10. The van der Waals surface area contributed by atoms with E-state index in [0.717, 1.165) is 12.0 Å². The van der Waals surface area contributed by atoms with E-state index in [2.05, 4.69) is 10.3 Å². The molecule has 0 aliphatic carbocycles. The van der Waals surface area contributed by atoms with Crippen LogP contribution in [-0.2, 0) is 20.9 Å². The molecular formula is C19H19ClN2O5. The number of nitrogens with one attached hydrogen (secondary N) is 1. The first-order valence-corrected chi connectivity index (χ1v) is 8.87. The summed E-state index contributed by atoms with van der Waals surface area (Å²) >= 11 is 6.13. The van der Waals surface area contributed by atoms with E-state index in [1.807, 2.05) is 30.3 Å². The van der Waals surface area contributed by atoms with Crippen LogP contribution >= 0.6 is 11.6 Å². The number of amides is 1. The van der Waals surface area contributed by atoms with E-state index < -0.39 is 11.9 Å². The van der Waals surface area contributed by atoms with Crippen LogP contribution in [0.5, 0.6) is 5.88 Å². The van der Waals surface area contributed by atoms with E-state index in [1.54, 1.807) is 0 Å². The lowest BCUT2D eigenvalue weighted by Gasteiger charge is -2.12. The molecule has 0 radical (unpaired) electrons. The summed E-state index contributed by atoms with van der Waals surface area (Å²) < 4.78 is 16.0. The standard InChI is InChI=1S/C19H19ClN2O5/c20-16-8-14(9-22-19(16)27-15-6-7-25-12-15)18(24)21-10-17(23)26-11-13-4-2-1-3-5-13/h1-5,8-9,15H,6-7,10-12H2,(H,21,24)/t15-/m1/s1. The van der Waals surface area contributed by atoms with Gasteiger partial charge in [-0.3, -0.25) is 9.59 Å². The molecule has 1 N–H and O–H groups in total. The van der Waals surface area contributed by atoms with Crippen LogP contribution < -0.4 is 10.1 Å². The van der Waals surface area contributed by atoms with Gasteiger partial charge in [0.25, 0.3) is 5.91 Å². The predicted octanol–water partition coefficient (Wildman–Crippen LogP) is 2.38. The van der Waals surface area contributed by atoms with Crippen LogP contribution in [-0.4, -0.2) is 42.7 Å². The molecule has 0 unspecified atom stereocenters. The van der Waals surface area contributed by atoms with Crippen LogP contribution in [0.15, 0.2) is 42.6 Å². The van der Waals surface area contributed by atoms with Crippen LogP contribution in [0.25, 0.3) is 0 Å². The van der Waals surface area contributed by atoms with Crippen LogP contribution in [0, 0.1) is 0 Å². The van der Waals surface area contributed by atoms with Crippen LogP contribution in [0.1, 0.15) is 22.3 Å². The van der Waals surface area contributed by atoms with Gasteiger partial charge in [0.05, 0.1) is 18.8 Å². The Morgan fingerprint density at radius 3 is 2.81 bits per heavy atom. The summed E-state index contributed by atoms with van der Waals surface area (Å²) in [6, 6.07) is 10.7. The van der Waals surface area contributed by atoms with E-state index in [1.165, 1.54) is 12.3 Å². The molecule has 1 aliphatic heterocycles. The number of aromatic nitrogens is 1. The molecule has 1 aliphatic rings. The molecule has 142 valence electrons. The van der Waals surface area contributed by atoms with E-state index in [4.69, 9.17) is 25.8 Å². The van der Waals surface area contributed by atoms with Gasteiger partial charge >= 0.3 is 5.97 Å². The smallest absolute Gasteiger partial charge is 0.325 e. The minimum atomic E-state index is -0.535. The lowest BCUT2D eigenvalue weighted by atomic mass is 10.2. The number of benzene rings is 1. The second-order valence-corrected chi connectivity index (χ2v) is 6.35. The molecule has 1 fully saturated rings. The highest BCUT2D eigenvalue weighted by atomic mass is 35.5. The fourth-order valence-electron chi connectivity index (χ4n) is 2.44. The summed E-state index contributed by atoms with van der Waals surface area (Å²) in [7, 11) is 0. The number of hydrogen-bond acceptors (Lipinski definition) is 6. The van der Waals surface area contributed by atoms with Gasteiger partial charge in [-0.05, 0) is 11.6 Å². The van der Waals surface area contributed by atoms with Crippen LogP contribution in [0.4, 0.5) is 0 Å². The summed E-state index contributed by atoms with van der Waals surface area (Å²) in [4.78, 5) is 28.0. The normalized spacial score (nSPS) is 16.0. The minimum absolute atomic E-state index is 0.0888. The van der Waals surface area contributed by atoms with E-state index in [9.17, 15) is 9.59 Å². The molecule has 1 amide bonds. The van der Waals surface area contributed by atoms with Gasteiger partial charge in [-0.25, -0.2) is 4.98 Å². The molecule has 1 aromatic carbocycles. The molecule has 1 atom stereocenters. The number of hydrogen-bond donors (Lipinski definition) is 1. The Balaban J connectivity index is 1.47. The highest BCUT2D eigenvalue weighted by Gasteiger charge is 2.20. The van der Waals surface area contributed by atoms with Crippen molar-refractivity contribution in [3.05, 3.63) is 58.7 Å². The number of rotatable bonds is 7. The van der Waals surface area contributed by atoms with Gasteiger partial charge in [-0.1, -0.05) is 41.9 Å². The van der Waals surface area contributed by atoms with Crippen molar-refractivity contribution in [1.29, 1.82) is 0 Å². The Morgan fingerprint density at radius 2 is 2.11 bits per heavy atom. The summed E-state index contributed by atoms with van der Waals surface area (Å²) in [6.07, 6.45) is 2.03. The van der Waals surface area contributed by atoms with E-state index in [-0.39, 0.29) is 35.7 Å². The highest BCUT2D eigenvalue weighted by Crippen LogP contribution is 2.25. The third kappa shape index (κ3) is 5.67. The van der Waals surface area contributed by atoms with Crippen molar-refractivity contribution < 1.29 is 23.8 Å². The monoisotopic (exact) mass is 390 g/mol. The zero-order chi connectivity index (χ0) is 19.1. The molecule has 1 aromatic heterocycles. The molecule has 2 heterocycles. The van der Waals surface area contributed by atoms with Crippen molar-refractivity contribution in [2.45, 2.75) is 19.1 Å². The predicted molar refractivity (Wildman–Crippen MR) is 97.7 cm³/mol. The van der Waals surface area contributed by atoms with Gasteiger partial charge in [0, 0.05) is 12.6 Å². The fourth-order valence-corrected chi connectivity index (χ4v) is 2.65. The van der Waals surface area contributed by atoms with Crippen molar-refractivity contribution in [2.75, 3.05) is 19.8 Å². The zero-order valence-corrected chi connectivity index (χ0v) is 15.3. The summed E-state index contributed by atoms with van der Waals surface area (Å²) in [5.74, 6) is -0.754. The number of nitrogens with zero attached hydrogens (tertiary/aromatic N) is 1. The second kappa shape index (κ2) is 9.34. The first-order valence-electron chi connectivity index (χ1n) is 8.49. The maximum Gasteiger partial charge on any atom is 0.325 e. The van der Waals surface area contributed by atoms with Gasteiger partial charge < -0.3 is 19.5 Å². The van der Waals surface area contributed by atoms with Gasteiger partial charge in [-0.2, -0.15) is 0 Å². The Bertz CT molecular complexity index is 794. The van der Waals surface area contributed by atoms with E-state index >= 15 is 0 Å². The topological polar surface area (TPSA) is 86.8 Å². The highest BCUT2D eigenvalue weighted by molar-refractivity contribution is 6.32. The Kier molecular flexibility index (Phi) is 6.62. The molecular weight excluding hydrogens is 372 g/mol.